The minimum absolute atomic E-state index is 0.0961. The number of ether oxygens (including phenoxy) is 3. The van der Waals surface area contributed by atoms with Gasteiger partial charge in [0.05, 0.1) is 61.5 Å². The van der Waals surface area contributed by atoms with E-state index in [0.717, 1.165) is 35.2 Å². The SMILES string of the molecule is CCOc1cc2ncnc(Nc3ccc4c(cnn4Cc4cccc(F)c4)c3)c2cc1NC(=O)C=CCN1C[C@@H]2OCCO[C@@H]2C1. The molecular weight excluding hydrogens is 589 g/mol. The Morgan fingerprint density at radius 3 is 2.74 bits per heavy atom. The molecule has 0 radical (unpaired) electrons. The number of anilines is 3. The monoisotopic (exact) mass is 623 g/mol. The minimum atomic E-state index is -0.272. The van der Waals surface area contributed by atoms with Crippen molar-refractivity contribution in [3.05, 3.63) is 90.7 Å². The average molecular weight is 624 g/mol. The number of nitrogens with zero attached hydrogens (tertiary/aromatic N) is 5. The largest absolute Gasteiger partial charge is 0.492 e. The molecule has 2 N–H and O–H groups in total. The summed E-state index contributed by atoms with van der Waals surface area (Å²) in [6.45, 7) is 6.23. The van der Waals surface area contributed by atoms with Crippen LogP contribution in [0, 0.1) is 5.82 Å². The number of rotatable bonds is 10. The van der Waals surface area contributed by atoms with E-state index in [1.54, 1.807) is 18.3 Å². The number of likely N-dealkylation sites (tertiary alicyclic amines) is 1. The smallest absolute Gasteiger partial charge is 0.248 e. The first kappa shape index (κ1) is 29.8. The van der Waals surface area contributed by atoms with E-state index in [1.807, 2.05) is 48.0 Å². The zero-order valence-electron chi connectivity index (χ0n) is 25.4. The van der Waals surface area contributed by atoms with E-state index in [4.69, 9.17) is 14.2 Å². The Morgan fingerprint density at radius 2 is 1.93 bits per heavy atom. The molecule has 0 spiro atoms. The number of amides is 1. The van der Waals surface area contributed by atoms with Gasteiger partial charge in [-0.3, -0.25) is 14.4 Å². The van der Waals surface area contributed by atoms with Crippen LogP contribution in [0.25, 0.3) is 21.8 Å². The number of fused-ring (bicyclic) bond motifs is 3. The van der Waals surface area contributed by atoms with Crippen molar-refractivity contribution >= 4 is 44.9 Å². The number of aromatic nitrogens is 4. The zero-order chi connectivity index (χ0) is 31.5. The van der Waals surface area contributed by atoms with Crippen LogP contribution in [0.4, 0.5) is 21.6 Å². The quantitative estimate of drug-likeness (QED) is 0.210. The van der Waals surface area contributed by atoms with Crippen molar-refractivity contribution in [1.82, 2.24) is 24.6 Å². The molecule has 1 amide bonds. The van der Waals surface area contributed by atoms with Crippen LogP contribution in [0.15, 0.2) is 79.3 Å². The molecule has 4 heterocycles. The molecule has 2 saturated heterocycles. The summed E-state index contributed by atoms with van der Waals surface area (Å²) < 4.78 is 33.0. The number of carbonyl (C=O) groups is 1. The van der Waals surface area contributed by atoms with Gasteiger partial charge < -0.3 is 24.8 Å². The summed E-state index contributed by atoms with van der Waals surface area (Å²) in [6.07, 6.45) is 6.85. The van der Waals surface area contributed by atoms with Crippen molar-refractivity contribution < 1.29 is 23.4 Å². The molecule has 2 atom stereocenters. The number of hydrogen-bond donors (Lipinski definition) is 2. The first-order chi connectivity index (χ1) is 22.5. The van der Waals surface area contributed by atoms with E-state index in [1.165, 1.54) is 24.5 Å². The summed E-state index contributed by atoms with van der Waals surface area (Å²) in [4.78, 5) is 24.1. The summed E-state index contributed by atoms with van der Waals surface area (Å²) in [5.74, 6) is 0.556. The lowest BCUT2D eigenvalue weighted by molar-refractivity contribution is -0.116. The van der Waals surface area contributed by atoms with Crippen LogP contribution < -0.4 is 15.4 Å². The highest BCUT2D eigenvalue weighted by Crippen LogP contribution is 2.34. The lowest BCUT2D eigenvalue weighted by Gasteiger charge is -2.24. The van der Waals surface area contributed by atoms with E-state index in [0.29, 0.717) is 61.1 Å². The maximum Gasteiger partial charge on any atom is 0.248 e. The van der Waals surface area contributed by atoms with Crippen molar-refractivity contribution in [2.24, 2.45) is 0 Å². The minimum Gasteiger partial charge on any atom is -0.492 e. The second-order valence-electron chi connectivity index (χ2n) is 11.3. The van der Waals surface area contributed by atoms with E-state index in [2.05, 4.69) is 30.6 Å². The highest BCUT2D eigenvalue weighted by atomic mass is 19.1. The third-order valence-corrected chi connectivity index (χ3v) is 8.09. The molecule has 236 valence electrons. The second kappa shape index (κ2) is 13.2. The van der Waals surface area contributed by atoms with Crippen molar-refractivity contribution in [3.8, 4) is 5.75 Å². The van der Waals surface area contributed by atoms with E-state index < -0.39 is 0 Å². The predicted octanol–water partition coefficient (Wildman–Crippen LogP) is 4.90. The third kappa shape index (κ3) is 6.54. The Bertz CT molecular complexity index is 1900. The molecule has 0 aliphatic carbocycles. The molecule has 7 rings (SSSR count). The number of benzene rings is 3. The van der Waals surface area contributed by atoms with Crippen LogP contribution in [0.3, 0.4) is 0 Å². The first-order valence-electron chi connectivity index (χ1n) is 15.3. The molecule has 11 nitrogen and oxygen atoms in total. The predicted molar refractivity (Wildman–Crippen MR) is 173 cm³/mol. The van der Waals surface area contributed by atoms with Gasteiger partial charge in [-0.05, 0) is 48.9 Å². The fourth-order valence-electron chi connectivity index (χ4n) is 5.96. The van der Waals surface area contributed by atoms with E-state index in [-0.39, 0.29) is 23.9 Å². The maximum absolute atomic E-state index is 13.7. The standard InChI is InChI=1S/C34H34FN7O4/c1-2-44-30-16-27-26(15-28(30)40-33(43)7-4-10-41-19-31-32(20-41)46-12-11-45-31)34(37-21-36-27)39-25-8-9-29-23(14-25)17-38-42(29)18-22-5-3-6-24(35)13-22/h3-9,13-17,21,31-32H,2,10-12,18-20H2,1H3,(H,40,43)(H,36,37,39)/t31-,32+. The Hall–Kier alpha value is -4.91. The summed E-state index contributed by atoms with van der Waals surface area (Å²) in [5.41, 5.74) is 3.74. The van der Waals surface area contributed by atoms with Gasteiger partial charge >= 0.3 is 0 Å². The van der Waals surface area contributed by atoms with Crippen LogP contribution in [-0.2, 0) is 20.8 Å². The van der Waals surface area contributed by atoms with Gasteiger partial charge in [0.1, 0.15) is 23.7 Å². The Kier molecular flexibility index (Phi) is 8.55. The van der Waals surface area contributed by atoms with Crippen LogP contribution in [0.1, 0.15) is 12.5 Å². The van der Waals surface area contributed by atoms with Gasteiger partial charge in [0.15, 0.2) is 0 Å². The Labute approximate surface area is 265 Å². The number of carbonyl (C=O) groups excluding carboxylic acids is 1. The first-order valence-corrected chi connectivity index (χ1v) is 15.3. The van der Waals surface area contributed by atoms with Crippen molar-refractivity contribution in [3.63, 3.8) is 0 Å². The lowest BCUT2D eigenvalue weighted by Crippen LogP contribution is -2.36. The van der Waals surface area contributed by atoms with Crippen molar-refractivity contribution in [2.75, 3.05) is 50.1 Å². The van der Waals surface area contributed by atoms with Gasteiger partial charge in [-0.2, -0.15) is 5.10 Å². The highest BCUT2D eigenvalue weighted by Gasteiger charge is 2.35. The Balaban J connectivity index is 1.08. The normalized spacial score (nSPS) is 18.3. The molecule has 2 fully saturated rings. The van der Waals surface area contributed by atoms with E-state index in [9.17, 15) is 9.18 Å². The van der Waals surface area contributed by atoms with Crippen LogP contribution in [0.2, 0.25) is 0 Å². The van der Waals surface area contributed by atoms with Gasteiger partial charge in [-0.15, -0.1) is 0 Å². The van der Waals surface area contributed by atoms with E-state index >= 15 is 0 Å². The molecule has 46 heavy (non-hydrogen) atoms. The Morgan fingerprint density at radius 1 is 1.09 bits per heavy atom. The molecule has 2 aliphatic rings. The highest BCUT2D eigenvalue weighted by molar-refractivity contribution is 6.03. The molecule has 3 aromatic carbocycles. The summed E-state index contributed by atoms with van der Waals surface area (Å²) in [6, 6.07) is 16.0. The average Bonchev–Trinajstić information content (AvgIpc) is 3.65. The van der Waals surface area contributed by atoms with Crippen LogP contribution in [-0.4, -0.2) is 82.2 Å². The summed E-state index contributed by atoms with van der Waals surface area (Å²) in [5, 5.41) is 12.5. The van der Waals surface area contributed by atoms with Crippen molar-refractivity contribution in [1.29, 1.82) is 0 Å². The fraction of sp³-hybridized carbons (Fsp3) is 0.294. The van der Waals surface area contributed by atoms with Crippen LogP contribution in [0.5, 0.6) is 5.75 Å². The summed E-state index contributed by atoms with van der Waals surface area (Å²) >= 11 is 0. The number of halogens is 1. The van der Waals surface area contributed by atoms with Gasteiger partial charge in [-0.25, -0.2) is 14.4 Å². The number of hydrogen-bond acceptors (Lipinski definition) is 9. The lowest BCUT2D eigenvalue weighted by atomic mass is 10.1. The molecular formula is C34H34FN7O4. The maximum atomic E-state index is 13.7. The number of nitrogens with one attached hydrogen (secondary N) is 2. The molecule has 0 unspecified atom stereocenters. The molecule has 2 aromatic heterocycles. The topological polar surface area (TPSA) is 116 Å². The molecule has 5 aromatic rings. The molecule has 2 aliphatic heterocycles. The fourth-order valence-corrected chi connectivity index (χ4v) is 5.96. The molecule has 0 bridgehead atoms. The second-order valence-corrected chi connectivity index (χ2v) is 11.3. The van der Waals surface area contributed by atoms with Crippen molar-refractivity contribution in [2.45, 2.75) is 25.7 Å². The van der Waals surface area contributed by atoms with Crippen LogP contribution >= 0.6 is 0 Å². The van der Waals surface area contributed by atoms with Gasteiger partial charge in [0.25, 0.3) is 0 Å². The van der Waals surface area contributed by atoms with Gasteiger partial charge in [0, 0.05) is 48.2 Å². The van der Waals surface area contributed by atoms with Gasteiger partial charge in [0.2, 0.25) is 5.91 Å². The molecule has 12 heteroatoms. The third-order valence-electron chi connectivity index (χ3n) is 8.09. The molecule has 0 saturated carbocycles. The van der Waals surface area contributed by atoms with Gasteiger partial charge in [-0.1, -0.05) is 18.2 Å². The summed E-state index contributed by atoms with van der Waals surface area (Å²) in [7, 11) is 0. The zero-order valence-corrected chi connectivity index (χ0v) is 25.4.